The van der Waals surface area contributed by atoms with Crippen molar-refractivity contribution in [2.24, 2.45) is 11.7 Å². The van der Waals surface area contributed by atoms with Gasteiger partial charge < -0.3 is 132 Å². The number of hydrogen-bond acceptors (Lipinski definition) is 26. The van der Waals surface area contributed by atoms with Crippen LogP contribution in [0.15, 0.2) is 72.9 Å². The highest BCUT2D eigenvalue weighted by Gasteiger charge is 2.41. The van der Waals surface area contributed by atoms with Crippen LogP contribution in [0.5, 0.6) is 5.75 Å². The largest absolute Gasteiger partial charge is 0.495 e. The van der Waals surface area contributed by atoms with E-state index in [-0.39, 0.29) is 54.1 Å². The van der Waals surface area contributed by atoms with Gasteiger partial charge in [-0.25, -0.2) is 4.79 Å². The number of Topliss-reactive ketones (excluding diaryl/α,β-unsaturated/α-hetero) is 1. The first-order valence-corrected chi connectivity index (χ1v) is 40.1. The number of esters is 1. The maximum Gasteiger partial charge on any atom is 0.329 e. The molecule has 3 aromatic carbocycles. The zero-order valence-corrected chi connectivity index (χ0v) is 69.6. The number of aliphatic hydroxyl groups is 1. The fourth-order valence-corrected chi connectivity index (χ4v) is 12.9. The summed E-state index contributed by atoms with van der Waals surface area (Å²) in [5.74, 6) is -31.1. The number of nitrogens with two attached hydrogens (primary N) is 3. The highest BCUT2D eigenvalue weighted by Crippen LogP contribution is 2.26. The molecule has 126 heavy (non-hydrogen) atoms. The van der Waals surface area contributed by atoms with Gasteiger partial charge in [-0.1, -0.05) is 88.8 Å². The summed E-state index contributed by atoms with van der Waals surface area (Å²) in [6.45, 7) is 0.764. The minimum Gasteiger partial charge on any atom is -0.495 e. The van der Waals surface area contributed by atoms with E-state index in [2.05, 4.69) is 70.4 Å². The molecule has 4 aromatic rings. The Morgan fingerprint density at radius 3 is 1.72 bits per heavy atom. The van der Waals surface area contributed by atoms with Crippen molar-refractivity contribution in [1.82, 2.24) is 79.4 Å². The van der Waals surface area contributed by atoms with E-state index in [1.165, 1.54) is 49.6 Å². The first kappa shape index (κ1) is 102. The van der Waals surface area contributed by atoms with E-state index in [1.54, 1.807) is 30.5 Å². The van der Waals surface area contributed by atoms with Gasteiger partial charge in [0.15, 0.2) is 5.78 Å². The minimum atomic E-state index is -2.51. The number of aromatic amines is 1. The van der Waals surface area contributed by atoms with Gasteiger partial charge in [-0.15, -0.1) is 0 Å². The number of carbonyl (C=O) groups excluding carboxylic acids is 17. The predicted octanol–water partition coefficient (Wildman–Crippen LogP) is -4.56. The van der Waals surface area contributed by atoms with Crippen LogP contribution in [0, 0.1) is 5.92 Å². The lowest BCUT2D eigenvalue weighted by Gasteiger charge is -2.30. The van der Waals surface area contributed by atoms with Gasteiger partial charge in [0.1, 0.15) is 78.3 Å². The Balaban J connectivity index is 1.64. The van der Waals surface area contributed by atoms with Gasteiger partial charge in [-0.3, -0.25) is 95.9 Å². The van der Waals surface area contributed by atoms with Crippen LogP contribution in [-0.2, 0) is 102 Å². The van der Waals surface area contributed by atoms with Crippen molar-refractivity contribution >= 4 is 147 Å². The van der Waals surface area contributed by atoms with Gasteiger partial charge in [0.05, 0.1) is 70.2 Å². The molecule has 0 bridgehead atoms. The van der Waals surface area contributed by atoms with Gasteiger partial charge in [-0.2, -0.15) is 0 Å². The fourth-order valence-electron chi connectivity index (χ4n) is 12.9. The molecule has 5 rings (SSSR count). The molecule has 1 aliphatic heterocycles. The van der Waals surface area contributed by atoms with E-state index in [9.17, 15) is 126 Å². The molecular formula is C80H108N18O28. The summed E-state index contributed by atoms with van der Waals surface area (Å²) in [6.07, 6.45) is -3.08. The number of nitrogens with one attached hydrogen (secondary N) is 15. The Bertz CT molecular complexity index is 4650. The molecule has 1 aliphatic rings. The molecule has 0 saturated carbocycles. The third-order valence-electron chi connectivity index (χ3n) is 19.7. The second-order valence-corrected chi connectivity index (χ2v) is 29.6. The number of primary amides is 1. The second-order valence-electron chi connectivity index (χ2n) is 29.6. The van der Waals surface area contributed by atoms with Crippen LogP contribution in [-0.4, -0.2) is 261 Å². The van der Waals surface area contributed by atoms with Crippen molar-refractivity contribution < 1.29 is 136 Å². The number of benzene rings is 3. The number of nitrogen functional groups attached to an aromatic ring is 2. The van der Waals surface area contributed by atoms with Crippen LogP contribution in [0.3, 0.4) is 0 Å². The Morgan fingerprint density at radius 2 is 1.10 bits per heavy atom. The molecule has 0 aliphatic carbocycles. The number of aliphatic hydroxyl groups excluding tert-OH is 1. The number of amides is 15. The van der Waals surface area contributed by atoms with Crippen LogP contribution < -0.4 is 96.4 Å². The number of fused-ring (bicyclic) bond motifs is 1. The van der Waals surface area contributed by atoms with E-state index >= 15 is 0 Å². The van der Waals surface area contributed by atoms with Gasteiger partial charge in [-0.05, 0) is 74.9 Å². The van der Waals surface area contributed by atoms with Gasteiger partial charge in [0, 0.05) is 54.2 Å². The summed E-state index contributed by atoms with van der Waals surface area (Å²) < 4.78 is 10.9. The molecule has 46 nitrogen and oxygen atoms in total. The van der Waals surface area contributed by atoms with E-state index in [4.69, 9.17) is 26.7 Å². The summed E-state index contributed by atoms with van der Waals surface area (Å²) in [5, 5.41) is 81.7. The number of carboxylic acid groups (broad SMARTS) is 4. The molecular weight excluding hydrogens is 1660 g/mol. The van der Waals surface area contributed by atoms with Crippen molar-refractivity contribution in [3.8, 4) is 5.75 Å². The molecule has 13 atom stereocenters. The van der Waals surface area contributed by atoms with Crippen LogP contribution in [0.25, 0.3) is 10.9 Å². The lowest BCUT2D eigenvalue weighted by Crippen LogP contribution is -2.62. The van der Waals surface area contributed by atoms with E-state index < -0.39 is 267 Å². The molecule has 0 radical (unpaired) electrons. The van der Waals surface area contributed by atoms with E-state index in [0.29, 0.717) is 29.3 Å². The van der Waals surface area contributed by atoms with Gasteiger partial charge in [0.25, 0.3) is 5.91 Å². The molecule has 26 N–H and O–H groups in total. The van der Waals surface area contributed by atoms with Crippen LogP contribution in [0.2, 0.25) is 0 Å². The number of carboxylic acids is 4. The molecule has 15 amide bonds. The highest BCUT2D eigenvalue weighted by molar-refractivity contribution is 6.06. The average molecular weight is 1770 g/mol. The first-order chi connectivity index (χ1) is 59.6. The normalized spacial score (nSPS) is 20.3. The number of ether oxygens (including phenoxy) is 2. The summed E-state index contributed by atoms with van der Waals surface area (Å²) in [5.41, 5.74) is 18.3. The topological polar surface area (TPSA) is 740 Å². The number of cyclic esters (lactones) is 1. The summed E-state index contributed by atoms with van der Waals surface area (Å²) in [4.78, 5) is 293. The monoisotopic (exact) mass is 1770 g/mol. The average Bonchev–Trinajstić information content (AvgIpc) is 1.69. The third kappa shape index (κ3) is 33.5. The smallest absolute Gasteiger partial charge is 0.329 e. The van der Waals surface area contributed by atoms with Gasteiger partial charge in [0.2, 0.25) is 82.7 Å². The molecule has 686 valence electrons. The zero-order valence-electron chi connectivity index (χ0n) is 69.6. The minimum absolute atomic E-state index is 0.0342. The number of unbranched alkanes of at least 4 members (excludes halogenated alkanes) is 6. The number of methoxy groups -OCH3 is 1. The number of ketones is 1. The first-order valence-electron chi connectivity index (χ1n) is 40.1. The molecule has 1 fully saturated rings. The van der Waals surface area contributed by atoms with Crippen molar-refractivity contribution in [1.29, 1.82) is 0 Å². The lowest BCUT2D eigenvalue weighted by molar-refractivity contribution is -0.156. The maximum atomic E-state index is 15.0. The number of rotatable bonds is 38. The predicted molar refractivity (Wildman–Crippen MR) is 441 cm³/mol. The van der Waals surface area contributed by atoms with Crippen LogP contribution in [0.1, 0.15) is 157 Å². The number of H-pyrrole nitrogens is 1. The molecule has 13 unspecified atom stereocenters. The number of para-hydroxylation sites is 3. The Hall–Kier alpha value is -14.4. The second kappa shape index (κ2) is 50.9. The highest BCUT2D eigenvalue weighted by atomic mass is 16.5. The number of carbonyl (C=O) groups is 21. The number of anilines is 2. The molecule has 0 spiro atoms. The SMILES string of the molecule is CCCCCCCCCC(=O)NC(Cc1c[nH]c2ccccc12)C(=O)NC(CC(N)=O)C(=O)NC(CC(=O)O)C(=O)NC1C(=O)NCC(=O)NC(CCCNC(=O)c2cccc(OC)c2N)C(=O)NC(CC(=O)O)C(=O)NC(C)C(=O)NC(CC(=O)O)C(=O)NCC(=O)NC(CO)C(=O)NC(C(C)CC(=O)O)C(=O)NC(CC(=O)c2ccccc2N)C(=O)OC1C. The van der Waals surface area contributed by atoms with Crippen molar-refractivity contribution in [2.45, 2.75) is 209 Å². The van der Waals surface area contributed by atoms with Gasteiger partial charge >= 0.3 is 29.8 Å². The molecule has 46 heteroatoms. The number of hydrogen-bond donors (Lipinski definition) is 23. The third-order valence-corrected chi connectivity index (χ3v) is 19.7. The van der Waals surface area contributed by atoms with Crippen molar-refractivity contribution in [3.63, 3.8) is 0 Å². The lowest BCUT2D eigenvalue weighted by atomic mass is 9.96. The zero-order chi connectivity index (χ0) is 93.6. The summed E-state index contributed by atoms with van der Waals surface area (Å²) in [7, 11) is 1.28. The number of aliphatic carboxylic acids is 4. The molecule has 1 saturated heterocycles. The molecule has 2 heterocycles. The Morgan fingerprint density at radius 1 is 0.548 bits per heavy atom. The quantitative estimate of drug-likeness (QED) is 0.00869. The van der Waals surface area contributed by atoms with E-state index in [0.717, 1.165) is 52.9 Å². The molecule has 1 aromatic heterocycles. The van der Waals surface area contributed by atoms with Crippen molar-refractivity contribution in [2.75, 3.05) is 44.8 Å². The van der Waals surface area contributed by atoms with Crippen molar-refractivity contribution in [3.05, 3.63) is 89.6 Å². The number of aromatic nitrogens is 1. The maximum absolute atomic E-state index is 15.0. The Labute approximate surface area is 720 Å². The Kier molecular flexibility index (Phi) is 41.3. The summed E-state index contributed by atoms with van der Waals surface area (Å²) in [6, 6.07) is -6.99. The van der Waals surface area contributed by atoms with Crippen LogP contribution >= 0.6 is 0 Å². The summed E-state index contributed by atoms with van der Waals surface area (Å²) >= 11 is 0. The fraction of sp³-hybridized carbons (Fsp3) is 0.487. The van der Waals surface area contributed by atoms with Crippen LogP contribution in [0.4, 0.5) is 11.4 Å². The van der Waals surface area contributed by atoms with E-state index in [1.807, 2.05) is 16.0 Å². The standard InChI is InChI=1S/C80H108N18O28/c1-6-7-8-9-10-11-12-26-59(102)90-49(29-42-35-85-47-23-16-14-19-43(42)47)74(118)93-50(31-58(82)101)75(119)95-53(34-65(111)112)76(120)98-68-41(4)126-80(124)54(30-56(100)44-20-13-15-22-46(44)81)96-79(123)67(39(2)28-62(105)106)97-77(121)55(38-99)91-61(104)36-86-71(115)51(32-63(107)108)92-69(113)40(3)88-73(117)52(33-64(109)110)94-72(116)48(89-60(103)37-87-78(68)122)24-18-27-84-70(114)45-21-17-25-57(125-5)66(45)83/h13-17,19-23,25,35,39-41,48-55,67-68,85,99H,6-12,18,24,26-34,36-38,81,83H2,1-5H3,(H2,82,101)(H,84,114)(H,86,115)(H,87,122)(H,88,117)(H,89,103)(H,90,102)(H,91,104)(H,92,113)(H,93,118)(H,94,116)(H,95,119)(H,96,123)(H,97,121)(H,98,120)(H,105,106)(H,107,108)(H,109,110)(H,111,112).